The molecule has 2 heterocycles. The van der Waals surface area contributed by atoms with E-state index in [0.717, 1.165) is 27.9 Å². The summed E-state index contributed by atoms with van der Waals surface area (Å²) in [5.41, 5.74) is -2.11. The molecule has 1 atom stereocenters. The van der Waals surface area contributed by atoms with Gasteiger partial charge in [0.05, 0.1) is 17.9 Å². The number of hydrogen-bond acceptors (Lipinski definition) is 5. The van der Waals surface area contributed by atoms with Crippen LogP contribution in [0.3, 0.4) is 0 Å². The molecule has 3 aromatic rings. The van der Waals surface area contributed by atoms with Crippen LogP contribution in [0.2, 0.25) is 0 Å². The lowest BCUT2D eigenvalue weighted by molar-refractivity contribution is -0.140. The van der Waals surface area contributed by atoms with Gasteiger partial charge < -0.3 is 10.4 Å². The van der Waals surface area contributed by atoms with Crippen LogP contribution in [0.15, 0.2) is 29.1 Å². The van der Waals surface area contributed by atoms with E-state index in [1.165, 1.54) is 6.07 Å². The quantitative estimate of drug-likeness (QED) is 0.594. The van der Waals surface area contributed by atoms with Crippen molar-refractivity contribution >= 4 is 22.2 Å². The number of thiazole rings is 1. The van der Waals surface area contributed by atoms with E-state index in [2.05, 4.69) is 10.3 Å². The van der Waals surface area contributed by atoms with Gasteiger partial charge in [0.1, 0.15) is 11.5 Å². The van der Waals surface area contributed by atoms with Gasteiger partial charge in [0.15, 0.2) is 4.96 Å². The second-order valence-corrected chi connectivity index (χ2v) is 7.90. The molecule has 3 rings (SSSR count). The SMILES string of the molecule is Cc1sc2nc(Cc3cccc(C(F)(F)F)c3F)cc(=O)n2c1C(=O)NC(C)CO. The second-order valence-electron chi connectivity index (χ2n) is 6.72. The first-order valence-electron chi connectivity index (χ1n) is 8.81. The Bertz CT molecular complexity index is 1170. The highest BCUT2D eigenvalue weighted by Crippen LogP contribution is 2.33. The third-order valence-corrected chi connectivity index (χ3v) is 5.32. The molecule has 0 aliphatic heterocycles. The third kappa shape index (κ3) is 4.21. The summed E-state index contributed by atoms with van der Waals surface area (Å²) in [5.74, 6) is -1.98. The van der Waals surface area contributed by atoms with Crippen molar-refractivity contribution in [1.82, 2.24) is 14.7 Å². The number of hydrogen-bond donors (Lipinski definition) is 2. The van der Waals surface area contributed by atoms with Crippen LogP contribution in [0.25, 0.3) is 4.96 Å². The number of halogens is 4. The number of aryl methyl sites for hydroxylation is 1. The largest absolute Gasteiger partial charge is 0.419 e. The number of aliphatic hydroxyl groups excluding tert-OH is 1. The Morgan fingerprint density at radius 1 is 1.37 bits per heavy atom. The minimum Gasteiger partial charge on any atom is -0.394 e. The van der Waals surface area contributed by atoms with Crippen LogP contribution < -0.4 is 10.9 Å². The van der Waals surface area contributed by atoms with Crippen LogP contribution in [-0.2, 0) is 12.6 Å². The maximum atomic E-state index is 14.3. The molecule has 160 valence electrons. The molecule has 11 heteroatoms. The number of carbonyl (C=O) groups excluding carboxylic acids is 1. The summed E-state index contributed by atoms with van der Waals surface area (Å²) in [6, 6.07) is 3.46. The zero-order chi connectivity index (χ0) is 22.2. The summed E-state index contributed by atoms with van der Waals surface area (Å²) in [6.07, 6.45) is -5.16. The molecular weight excluding hydrogens is 426 g/mol. The molecule has 0 aliphatic rings. The summed E-state index contributed by atoms with van der Waals surface area (Å²) in [5, 5.41) is 11.6. The van der Waals surface area contributed by atoms with E-state index in [-0.39, 0.29) is 34.9 Å². The van der Waals surface area contributed by atoms with Crippen LogP contribution in [-0.4, -0.2) is 33.0 Å². The van der Waals surface area contributed by atoms with Crippen molar-refractivity contribution in [3.63, 3.8) is 0 Å². The molecule has 1 aromatic carbocycles. The molecule has 0 bridgehead atoms. The minimum atomic E-state index is -4.84. The molecule has 0 radical (unpaired) electrons. The topological polar surface area (TPSA) is 83.7 Å². The van der Waals surface area contributed by atoms with Gasteiger partial charge in [-0.15, -0.1) is 11.3 Å². The standard InChI is InChI=1S/C19H17F4N3O3S/c1-9(8-27)24-17(29)16-10(2)30-18-25-12(7-14(28)26(16)18)6-11-4-3-5-13(15(11)20)19(21,22)23/h3-5,7,9,27H,6,8H2,1-2H3,(H,24,29). The number of alkyl halides is 3. The van der Waals surface area contributed by atoms with Gasteiger partial charge in [0.2, 0.25) is 0 Å². The Morgan fingerprint density at radius 2 is 2.07 bits per heavy atom. The van der Waals surface area contributed by atoms with E-state index in [1.54, 1.807) is 13.8 Å². The number of fused-ring (bicyclic) bond motifs is 1. The highest BCUT2D eigenvalue weighted by Gasteiger charge is 2.34. The monoisotopic (exact) mass is 443 g/mol. The van der Waals surface area contributed by atoms with E-state index in [4.69, 9.17) is 5.11 Å². The van der Waals surface area contributed by atoms with E-state index in [1.807, 2.05) is 0 Å². The van der Waals surface area contributed by atoms with Crippen molar-refractivity contribution in [2.75, 3.05) is 6.61 Å². The Balaban J connectivity index is 2.02. The molecule has 0 spiro atoms. The molecule has 0 saturated heterocycles. The molecule has 2 aromatic heterocycles. The van der Waals surface area contributed by atoms with Crippen molar-refractivity contribution in [2.24, 2.45) is 0 Å². The number of aromatic nitrogens is 2. The molecule has 0 fully saturated rings. The second kappa shape index (κ2) is 8.15. The van der Waals surface area contributed by atoms with Crippen molar-refractivity contribution in [3.05, 3.63) is 67.8 Å². The van der Waals surface area contributed by atoms with E-state index < -0.39 is 35.1 Å². The molecular formula is C19H17F4N3O3S. The van der Waals surface area contributed by atoms with Crippen LogP contribution in [0, 0.1) is 12.7 Å². The van der Waals surface area contributed by atoms with E-state index in [0.29, 0.717) is 10.9 Å². The molecule has 0 saturated carbocycles. The summed E-state index contributed by atoms with van der Waals surface area (Å²) in [6.45, 7) is 2.92. The summed E-state index contributed by atoms with van der Waals surface area (Å²) < 4.78 is 54.1. The molecule has 1 amide bonds. The number of rotatable bonds is 5. The predicted molar refractivity (Wildman–Crippen MR) is 102 cm³/mol. The van der Waals surface area contributed by atoms with Crippen molar-refractivity contribution in [3.8, 4) is 0 Å². The summed E-state index contributed by atoms with van der Waals surface area (Å²) in [7, 11) is 0. The Hall–Kier alpha value is -2.79. The first-order chi connectivity index (χ1) is 14.0. The number of amides is 1. The zero-order valence-electron chi connectivity index (χ0n) is 15.9. The lowest BCUT2D eigenvalue weighted by Crippen LogP contribution is -2.37. The first-order valence-corrected chi connectivity index (χ1v) is 9.63. The molecule has 1 unspecified atom stereocenters. The highest BCUT2D eigenvalue weighted by molar-refractivity contribution is 7.17. The average Bonchev–Trinajstić information content (AvgIpc) is 2.98. The van der Waals surface area contributed by atoms with Gasteiger partial charge in [-0.25, -0.2) is 13.8 Å². The average molecular weight is 443 g/mol. The number of carbonyl (C=O) groups is 1. The Kier molecular flexibility index (Phi) is 5.95. The van der Waals surface area contributed by atoms with Gasteiger partial charge in [0, 0.05) is 23.4 Å². The molecule has 2 N–H and O–H groups in total. The summed E-state index contributed by atoms with van der Waals surface area (Å²) >= 11 is 1.05. The summed E-state index contributed by atoms with van der Waals surface area (Å²) in [4.78, 5) is 30.0. The highest BCUT2D eigenvalue weighted by atomic mass is 32.1. The van der Waals surface area contributed by atoms with Gasteiger partial charge in [-0.2, -0.15) is 13.2 Å². The van der Waals surface area contributed by atoms with Gasteiger partial charge in [-0.05, 0) is 25.5 Å². The van der Waals surface area contributed by atoms with Crippen molar-refractivity contribution in [2.45, 2.75) is 32.5 Å². The van der Waals surface area contributed by atoms with E-state index in [9.17, 15) is 27.2 Å². The van der Waals surface area contributed by atoms with Gasteiger partial charge in [0.25, 0.3) is 11.5 Å². The molecule has 0 aliphatic carbocycles. The zero-order valence-corrected chi connectivity index (χ0v) is 16.7. The van der Waals surface area contributed by atoms with Crippen molar-refractivity contribution < 1.29 is 27.5 Å². The number of nitrogens with one attached hydrogen (secondary N) is 1. The smallest absolute Gasteiger partial charge is 0.394 e. The fourth-order valence-electron chi connectivity index (χ4n) is 2.94. The third-order valence-electron chi connectivity index (χ3n) is 4.36. The van der Waals surface area contributed by atoms with E-state index >= 15 is 0 Å². The van der Waals surface area contributed by atoms with Gasteiger partial charge >= 0.3 is 6.18 Å². The van der Waals surface area contributed by atoms with Crippen LogP contribution >= 0.6 is 11.3 Å². The maximum absolute atomic E-state index is 14.3. The fourth-order valence-corrected chi connectivity index (χ4v) is 3.93. The lowest BCUT2D eigenvalue weighted by atomic mass is 10.0. The fraction of sp³-hybridized carbons (Fsp3) is 0.316. The van der Waals surface area contributed by atoms with Crippen LogP contribution in [0.1, 0.15) is 39.1 Å². The van der Waals surface area contributed by atoms with Crippen molar-refractivity contribution in [1.29, 1.82) is 0 Å². The van der Waals surface area contributed by atoms with Crippen LogP contribution in [0.5, 0.6) is 0 Å². The Morgan fingerprint density at radius 3 is 2.70 bits per heavy atom. The first kappa shape index (κ1) is 21.9. The minimum absolute atomic E-state index is 0.0598. The lowest BCUT2D eigenvalue weighted by Gasteiger charge is -2.12. The Labute approximate surface area is 171 Å². The molecule has 30 heavy (non-hydrogen) atoms. The number of benzene rings is 1. The predicted octanol–water partition coefficient (Wildman–Crippen LogP) is 2.92. The molecule has 6 nitrogen and oxygen atoms in total. The van der Waals surface area contributed by atoms with Gasteiger partial charge in [-0.1, -0.05) is 12.1 Å². The maximum Gasteiger partial charge on any atom is 0.419 e. The normalized spacial score (nSPS) is 12.9. The number of aliphatic hydroxyl groups is 1. The number of nitrogens with zero attached hydrogens (tertiary/aromatic N) is 2. The van der Waals surface area contributed by atoms with Crippen LogP contribution in [0.4, 0.5) is 17.6 Å². The van der Waals surface area contributed by atoms with Gasteiger partial charge in [-0.3, -0.25) is 9.59 Å².